The molecule has 33 heavy (non-hydrogen) atoms. The number of halogens is 1. The fourth-order valence-electron chi connectivity index (χ4n) is 5.50. The Balaban J connectivity index is 1.39. The molecule has 3 aromatic rings. The third-order valence-corrected chi connectivity index (χ3v) is 8.55. The summed E-state index contributed by atoms with van der Waals surface area (Å²) in [6.45, 7) is 5.51. The molecule has 5 heterocycles. The van der Waals surface area contributed by atoms with E-state index < -0.39 is 0 Å². The minimum Gasteiger partial charge on any atom is -0.311 e. The van der Waals surface area contributed by atoms with Crippen LogP contribution >= 0.6 is 22.9 Å². The van der Waals surface area contributed by atoms with Gasteiger partial charge in [-0.2, -0.15) is 0 Å². The van der Waals surface area contributed by atoms with Gasteiger partial charge < -0.3 is 5.32 Å². The molecule has 0 aliphatic carbocycles. The average molecular weight is 481 g/mol. The molecule has 1 aromatic carbocycles. The maximum absolute atomic E-state index is 12.1. The first-order valence-corrected chi connectivity index (χ1v) is 12.6. The van der Waals surface area contributed by atoms with Crippen LogP contribution in [0.2, 0.25) is 5.02 Å². The number of aryl methyl sites for hydroxylation is 1. The molecule has 3 fully saturated rings. The van der Waals surface area contributed by atoms with Gasteiger partial charge in [0.1, 0.15) is 0 Å². The summed E-state index contributed by atoms with van der Waals surface area (Å²) >= 11 is 8.15. The van der Waals surface area contributed by atoms with Crippen LogP contribution < -0.4 is 5.32 Å². The molecule has 1 N–H and O–H groups in total. The van der Waals surface area contributed by atoms with E-state index in [0.29, 0.717) is 31.5 Å². The molecule has 8 heteroatoms. The van der Waals surface area contributed by atoms with E-state index in [1.807, 2.05) is 12.3 Å². The number of hydrogen-bond acceptors (Lipinski definition) is 6. The second kappa shape index (κ2) is 8.17. The molecule has 2 aromatic heterocycles. The first-order chi connectivity index (χ1) is 16.0. The average Bonchev–Trinajstić information content (AvgIpc) is 3.56. The maximum Gasteiger partial charge on any atom is 0.230 e. The van der Waals surface area contributed by atoms with E-state index in [-0.39, 0.29) is 11.8 Å². The Morgan fingerprint density at radius 1 is 1.15 bits per heavy atom. The predicted octanol–water partition coefficient (Wildman–Crippen LogP) is 4.12. The first kappa shape index (κ1) is 21.2. The fourth-order valence-corrected chi connectivity index (χ4v) is 6.90. The van der Waals surface area contributed by atoms with Gasteiger partial charge in [0.25, 0.3) is 0 Å². The number of rotatable bonds is 5. The highest BCUT2D eigenvalue weighted by Gasteiger charge is 2.37. The van der Waals surface area contributed by atoms with E-state index in [1.54, 1.807) is 11.3 Å². The second-order valence-electron chi connectivity index (χ2n) is 9.33. The summed E-state index contributed by atoms with van der Waals surface area (Å²) < 4.78 is 1.07. The van der Waals surface area contributed by atoms with Crippen LogP contribution in [0.1, 0.15) is 35.3 Å². The lowest BCUT2D eigenvalue weighted by Crippen LogP contribution is -2.43. The van der Waals surface area contributed by atoms with Gasteiger partial charge in [-0.1, -0.05) is 11.6 Å². The molecule has 2 bridgehead atoms. The van der Waals surface area contributed by atoms with E-state index in [1.165, 1.54) is 22.4 Å². The van der Waals surface area contributed by atoms with Gasteiger partial charge in [-0.3, -0.25) is 24.4 Å². The number of imide groups is 1. The Kier molecular flexibility index (Phi) is 5.25. The fraction of sp³-hybridized carbons (Fsp3) is 0.400. The monoisotopic (exact) mass is 480 g/mol. The number of likely N-dealkylation sites (tertiary alicyclic amines) is 2. The lowest BCUT2D eigenvalue weighted by Gasteiger charge is -2.29. The summed E-state index contributed by atoms with van der Waals surface area (Å²) in [6, 6.07) is 9.38. The van der Waals surface area contributed by atoms with E-state index in [0.717, 1.165) is 50.9 Å². The number of nitrogens with zero attached hydrogens (tertiary/aromatic N) is 3. The largest absolute Gasteiger partial charge is 0.311 e. The predicted molar refractivity (Wildman–Crippen MR) is 130 cm³/mol. The number of fused-ring (bicyclic) bond motifs is 3. The third kappa shape index (κ3) is 3.77. The maximum atomic E-state index is 12.1. The highest BCUT2D eigenvalue weighted by atomic mass is 35.5. The number of aromatic nitrogens is 1. The summed E-state index contributed by atoms with van der Waals surface area (Å²) in [4.78, 5) is 33.7. The van der Waals surface area contributed by atoms with Gasteiger partial charge in [0.2, 0.25) is 11.8 Å². The van der Waals surface area contributed by atoms with Gasteiger partial charge in [-0.15, -0.1) is 11.3 Å². The van der Waals surface area contributed by atoms with Crippen molar-refractivity contribution < 1.29 is 9.59 Å². The van der Waals surface area contributed by atoms with Crippen LogP contribution in [0.3, 0.4) is 0 Å². The van der Waals surface area contributed by atoms with Crippen LogP contribution in [0.5, 0.6) is 0 Å². The molecule has 6 nitrogen and oxygen atoms in total. The van der Waals surface area contributed by atoms with Crippen molar-refractivity contribution >= 4 is 45.0 Å². The molecular weight excluding hydrogens is 456 g/mol. The number of carbonyl (C=O) groups excluding carboxylic acids is 2. The zero-order valence-electron chi connectivity index (χ0n) is 18.4. The van der Waals surface area contributed by atoms with Crippen molar-refractivity contribution in [2.45, 2.75) is 51.4 Å². The number of piperazine rings is 1. The van der Waals surface area contributed by atoms with Crippen LogP contribution in [0.4, 0.5) is 0 Å². The smallest absolute Gasteiger partial charge is 0.230 e. The molecule has 3 aliphatic heterocycles. The Bertz CT molecular complexity index is 1270. The SMILES string of the molecule is Cc1cc(Cl)cc(-c2ccnc3cc(CN4C(=O)CCC4=O)sc23)c1CN1CC2CC1CN2. The number of hydrogen-bond donors (Lipinski definition) is 1. The summed E-state index contributed by atoms with van der Waals surface area (Å²) in [6.07, 6.45) is 3.68. The van der Waals surface area contributed by atoms with Gasteiger partial charge >= 0.3 is 0 Å². The second-order valence-corrected chi connectivity index (χ2v) is 10.9. The molecule has 3 saturated heterocycles. The number of benzene rings is 1. The Labute approximate surface area is 201 Å². The van der Waals surface area contributed by atoms with Gasteiger partial charge in [-0.25, -0.2) is 0 Å². The van der Waals surface area contributed by atoms with Crippen molar-refractivity contribution in [2.75, 3.05) is 13.1 Å². The molecule has 0 saturated carbocycles. The number of carbonyl (C=O) groups is 2. The molecule has 6 rings (SSSR count). The minimum absolute atomic E-state index is 0.0900. The summed E-state index contributed by atoms with van der Waals surface area (Å²) in [5, 5.41) is 4.31. The van der Waals surface area contributed by atoms with Crippen LogP contribution in [0, 0.1) is 6.92 Å². The molecule has 3 aliphatic rings. The summed E-state index contributed by atoms with van der Waals surface area (Å²) in [5.41, 5.74) is 5.64. The lowest BCUT2D eigenvalue weighted by molar-refractivity contribution is -0.138. The highest BCUT2D eigenvalue weighted by Crippen LogP contribution is 2.39. The van der Waals surface area contributed by atoms with E-state index in [9.17, 15) is 9.59 Å². The number of amides is 2. The van der Waals surface area contributed by atoms with Crippen LogP contribution in [-0.2, 0) is 22.7 Å². The van der Waals surface area contributed by atoms with Gasteiger partial charge in [0, 0.05) is 66.2 Å². The van der Waals surface area contributed by atoms with Gasteiger partial charge in [0.05, 0.1) is 16.8 Å². The third-order valence-electron chi connectivity index (χ3n) is 7.19. The zero-order valence-corrected chi connectivity index (χ0v) is 20.0. The van der Waals surface area contributed by atoms with E-state index in [4.69, 9.17) is 11.6 Å². The van der Waals surface area contributed by atoms with E-state index in [2.05, 4.69) is 40.3 Å². The Morgan fingerprint density at radius 2 is 1.97 bits per heavy atom. The zero-order chi connectivity index (χ0) is 22.7. The Hall–Kier alpha value is -2.32. The standard InChI is InChI=1S/C25H25ClN4O2S/c1-14-6-15(26)7-20(21(14)13-29-11-16-8-17(29)10-28-16)19-4-5-27-22-9-18(33-25(19)22)12-30-23(31)2-3-24(30)32/h4-7,9,16-17,28H,2-3,8,10-13H2,1H3. The number of thiophene rings is 1. The van der Waals surface area contributed by atoms with Gasteiger partial charge in [0.15, 0.2) is 0 Å². The quantitative estimate of drug-likeness (QED) is 0.556. The van der Waals surface area contributed by atoms with Crippen LogP contribution in [0.15, 0.2) is 30.5 Å². The molecule has 2 amide bonds. The van der Waals surface area contributed by atoms with Crippen LogP contribution in [0.25, 0.3) is 21.3 Å². The van der Waals surface area contributed by atoms with Crippen molar-refractivity contribution in [2.24, 2.45) is 0 Å². The topological polar surface area (TPSA) is 65.5 Å². The highest BCUT2D eigenvalue weighted by molar-refractivity contribution is 7.19. The minimum atomic E-state index is -0.0900. The molecule has 0 spiro atoms. The molecule has 170 valence electrons. The Morgan fingerprint density at radius 3 is 2.70 bits per heavy atom. The summed E-state index contributed by atoms with van der Waals surface area (Å²) in [5.74, 6) is -0.180. The molecular formula is C25H25ClN4O2S. The van der Waals surface area contributed by atoms with Crippen molar-refractivity contribution in [3.63, 3.8) is 0 Å². The van der Waals surface area contributed by atoms with Crippen LogP contribution in [-0.4, -0.2) is 51.8 Å². The van der Waals surface area contributed by atoms with Crippen molar-refractivity contribution in [1.82, 2.24) is 20.1 Å². The summed E-state index contributed by atoms with van der Waals surface area (Å²) in [7, 11) is 0. The van der Waals surface area contributed by atoms with Crippen molar-refractivity contribution in [3.05, 3.63) is 51.5 Å². The van der Waals surface area contributed by atoms with Gasteiger partial charge in [-0.05, 0) is 54.3 Å². The molecule has 2 unspecified atom stereocenters. The van der Waals surface area contributed by atoms with Crippen molar-refractivity contribution in [1.29, 1.82) is 0 Å². The number of nitrogens with one attached hydrogen (secondary N) is 1. The molecule has 0 radical (unpaired) electrons. The van der Waals surface area contributed by atoms with Crippen molar-refractivity contribution in [3.8, 4) is 11.1 Å². The lowest BCUT2D eigenvalue weighted by atomic mass is 9.95. The first-order valence-electron chi connectivity index (χ1n) is 11.4. The van der Waals surface area contributed by atoms with E-state index >= 15 is 0 Å². The number of pyridine rings is 1. The normalized spacial score (nSPS) is 22.9. The molecule has 2 atom stereocenters.